The van der Waals surface area contributed by atoms with E-state index in [0.717, 1.165) is 12.0 Å². The highest BCUT2D eigenvalue weighted by molar-refractivity contribution is 6.02. The van der Waals surface area contributed by atoms with Gasteiger partial charge in [0.05, 0.1) is 18.2 Å². The first kappa shape index (κ1) is 10.7. The Morgan fingerprint density at radius 1 is 1.62 bits per heavy atom. The van der Waals surface area contributed by atoms with Crippen molar-refractivity contribution in [1.29, 1.82) is 0 Å². The van der Waals surface area contributed by atoms with E-state index in [9.17, 15) is 4.79 Å². The van der Waals surface area contributed by atoms with Crippen molar-refractivity contribution in [3.63, 3.8) is 0 Å². The van der Waals surface area contributed by atoms with Crippen LogP contribution in [0.4, 0.5) is 0 Å². The Bertz CT molecular complexity index is 459. The van der Waals surface area contributed by atoms with Crippen molar-refractivity contribution in [3.05, 3.63) is 29.3 Å². The molecular weight excluding hydrogens is 202 g/mol. The summed E-state index contributed by atoms with van der Waals surface area (Å²) in [5, 5.41) is 0. The van der Waals surface area contributed by atoms with Crippen LogP contribution in [-0.2, 0) is 6.42 Å². The van der Waals surface area contributed by atoms with Crippen molar-refractivity contribution in [2.24, 2.45) is 5.73 Å². The summed E-state index contributed by atoms with van der Waals surface area (Å²) in [6, 6.07) is 4.92. The average Bonchev–Trinajstić information content (AvgIpc) is 2.76. The maximum atomic E-state index is 12.0. The third kappa shape index (κ3) is 1.80. The first-order valence-electron chi connectivity index (χ1n) is 5.22. The van der Waals surface area contributed by atoms with Gasteiger partial charge in [-0.3, -0.25) is 4.79 Å². The van der Waals surface area contributed by atoms with E-state index in [1.165, 1.54) is 0 Å². The summed E-state index contributed by atoms with van der Waals surface area (Å²) in [5.41, 5.74) is 7.33. The smallest absolute Gasteiger partial charge is 0.184 e. The summed E-state index contributed by atoms with van der Waals surface area (Å²) >= 11 is 0. The number of nitrogens with two attached hydrogens (primary N) is 1. The lowest BCUT2D eigenvalue weighted by molar-refractivity contribution is 0.0959. The van der Waals surface area contributed by atoms with E-state index in [-0.39, 0.29) is 12.2 Å². The highest BCUT2D eigenvalue weighted by atomic mass is 16.5. The van der Waals surface area contributed by atoms with Crippen LogP contribution in [0.25, 0.3) is 0 Å². The Balaban J connectivity index is 2.31. The average molecular weight is 215 g/mol. The molecule has 3 nitrogen and oxygen atoms in total. The summed E-state index contributed by atoms with van der Waals surface area (Å²) in [5.74, 6) is 2.94. The lowest BCUT2D eigenvalue weighted by atomic mass is 9.99. The zero-order valence-corrected chi connectivity index (χ0v) is 8.90. The molecule has 0 aromatic heterocycles. The van der Waals surface area contributed by atoms with E-state index in [1.807, 2.05) is 12.1 Å². The van der Waals surface area contributed by atoms with Gasteiger partial charge in [-0.1, -0.05) is 12.1 Å². The fourth-order valence-corrected chi connectivity index (χ4v) is 1.83. The van der Waals surface area contributed by atoms with Gasteiger partial charge in [0, 0.05) is 12.8 Å². The van der Waals surface area contributed by atoms with Crippen molar-refractivity contribution in [2.75, 3.05) is 6.61 Å². The van der Waals surface area contributed by atoms with Crippen molar-refractivity contribution in [2.45, 2.75) is 18.9 Å². The minimum absolute atomic E-state index is 0.142. The molecule has 1 atom stereocenters. The quantitative estimate of drug-likeness (QED) is 0.608. The number of hydrogen-bond donors (Lipinski definition) is 1. The van der Waals surface area contributed by atoms with Crippen LogP contribution in [0.1, 0.15) is 22.3 Å². The van der Waals surface area contributed by atoms with Gasteiger partial charge < -0.3 is 10.5 Å². The number of hydrogen-bond acceptors (Lipinski definition) is 3. The zero-order chi connectivity index (χ0) is 11.5. The Morgan fingerprint density at radius 2 is 2.44 bits per heavy atom. The second kappa shape index (κ2) is 4.38. The van der Waals surface area contributed by atoms with Crippen LogP contribution in [0, 0.1) is 12.3 Å². The number of benzene rings is 1. The number of ether oxygens (including phenoxy) is 1. The second-order valence-corrected chi connectivity index (χ2v) is 3.77. The number of fused-ring (bicyclic) bond motifs is 1. The highest BCUT2D eigenvalue weighted by Gasteiger charge is 2.23. The molecule has 0 bridgehead atoms. The third-order valence-electron chi connectivity index (χ3n) is 2.65. The largest absolute Gasteiger partial charge is 0.492 e. The molecule has 0 amide bonds. The monoisotopic (exact) mass is 215 g/mol. The Hall–Kier alpha value is -1.79. The molecule has 1 heterocycles. The summed E-state index contributed by atoms with van der Waals surface area (Å²) < 4.78 is 5.45. The topological polar surface area (TPSA) is 52.3 Å². The summed E-state index contributed by atoms with van der Waals surface area (Å²) in [7, 11) is 0. The number of Topliss-reactive ketones (excluding diaryl/α,β-unsaturated/α-hetero) is 1. The molecule has 2 N–H and O–H groups in total. The molecule has 82 valence electrons. The summed E-state index contributed by atoms with van der Waals surface area (Å²) in [4.78, 5) is 12.0. The van der Waals surface area contributed by atoms with E-state index in [4.69, 9.17) is 16.9 Å². The predicted octanol–water partition coefficient (Wildman–Crippen LogP) is 1.15. The van der Waals surface area contributed by atoms with Crippen molar-refractivity contribution in [1.82, 2.24) is 0 Å². The molecule has 1 unspecified atom stereocenters. The minimum Gasteiger partial charge on any atom is -0.492 e. The molecule has 1 aliphatic heterocycles. The van der Waals surface area contributed by atoms with E-state index in [2.05, 4.69) is 5.92 Å². The maximum Gasteiger partial charge on any atom is 0.184 e. The highest BCUT2D eigenvalue weighted by Crippen LogP contribution is 2.30. The van der Waals surface area contributed by atoms with E-state index < -0.39 is 6.04 Å². The number of ketones is 1. The Morgan fingerprint density at radius 3 is 3.19 bits per heavy atom. The van der Waals surface area contributed by atoms with Gasteiger partial charge in [-0.15, -0.1) is 12.3 Å². The molecule has 1 aromatic rings. The molecule has 2 rings (SSSR count). The van der Waals surface area contributed by atoms with Crippen LogP contribution < -0.4 is 10.5 Å². The standard InChI is InChI=1S/C13H13NO2/c1-2-4-11(14)12(15)10-6-3-5-9-7-8-16-13(9)10/h1,3,5-6,11H,4,7-8,14H2. The van der Waals surface area contributed by atoms with Gasteiger partial charge in [0.15, 0.2) is 5.78 Å². The third-order valence-corrected chi connectivity index (χ3v) is 2.65. The van der Waals surface area contributed by atoms with Gasteiger partial charge >= 0.3 is 0 Å². The molecule has 0 aliphatic carbocycles. The lowest BCUT2D eigenvalue weighted by Gasteiger charge is -2.10. The van der Waals surface area contributed by atoms with Gasteiger partial charge in [0.25, 0.3) is 0 Å². The van der Waals surface area contributed by atoms with Crippen molar-refractivity contribution < 1.29 is 9.53 Å². The molecule has 16 heavy (non-hydrogen) atoms. The Kier molecular flexibility index (Phi) is 2.93. The zero-order valence-electron chi connectivity index (χ0n) is 8.90. The van der Waals surface area contributed by atoms with E-state index in [1.54, 1.807) is 6.07 Å². The van der Waals surface area contributed by atoms with Gasteiger partial charge in [-0.05, 0) is 11.6 Å². The molecule has 0 saturated carbocycles. The number of carbonyl (C=O) groups is 1. The maximum absolute atomic E-state index is 12.0. The number of terminal acetylenes is 1. The van der Waals surface area contributed by atoms with Crippen LogP contribution in [0.5, 0.6) is 5.75 Å². The van der Waals surface area contributed by atoms with Gasteiger partial charge in [0.1, 0.15) is 5.75 Å². The molecular formula is C13H13NO2. The lowest BCUT2D eigenvalue weighted by Crippen LogP contribution is -2.30. The second-order valence-electron chi connectivity index (χ2n) is 3.77. The minimum atomic E-state index is -0.638. The van der Waals surface area contributed by atoms with Gasteiger partial charge in [0.2, 0.25) is 0 Å². The predicted molar refractivity (Wildman–Crippen MR) is 61.4 cm³/mol. The van der Waals surface area contributed by atoms with Gasteiger partial charge in [-0.2, -0.15) is 0 Å². The van der Waals surface area contributed by atoms with Crippen LogP contribution in [0.3, 0.4) is 0 Å². The number of rotatable bonds is 3. The first-order chi connectivity index (χ1) is 7.74. The molecule has 0 fully saturated rings. The van der Waals surface area contributed by atoms with Crippen LogP contribution in [0.2, 0.25) is 0 Å². The molecule has 3 heteroatoms. The van der Waals surface area contributed by atoms with Crippen LogP contribution >= 0.6 is 0 Å². The molecule has 0 spiro atoms. The molecule has 1 aliphatic rings. The summed E-state index contributed by atoms with van der Waals surface area (Å²) in [6.45, 7) is 0.629. The molecule has 1 aromatic carbocycles. The SMILES string of the molecule is C#CCC(N)C(=O)c1cccc2c1OCC2. The van der Waals surface area contributed by atoms with Crippen LogP contribution in [-0.4, -0.2) is 18.4 Å². The fraction of sp³-hybridized carbons (Fsp3) is 0.308. The van der Waals surface area contributed by atoms with Gasteiger partial charge in [-0.25, -0.2) is 0 Å². The normalized spacial score (nSPS) is 14.8. The van der Waals surface area contributed by atoms with Crippen LogP contribution in [0.15, 0.2) is 18.2 Å². The fourth-order valence-electron chi connectivity index (χ4n) is 1.83. The number of carbonyl (C=O) groups excluding carboxylic acids is 1. The molecule has 0 radical (unpaired) electrons. The number of para-hydroxylation sites is 1. The summed E-state index contributed by atoms with van der Waals surface area (Å²) in [6.07, 6.45) is 6.25. The van der Waals surface area contributed by atoms with E-state index >= 15 is 0 Å². The Labute approximate surface area is 94.6 Å². The van der Waals surface area contributed by atoms with Crippen molar-refractivity contribution >= 4 is 5.78 Å². The molecule has 0 saturated heterocycles. The van der Waals surface area contributed by atoms with E-state index in [0.29, 0.717) is 17.9 Å². The first-order valence-corrected chi connectivity index (χ1v) is 5.22. The van der Waals surface area contributed by atoms with Crippen molar-refractivity contribution in [3.8, 4) is 18.1 Å².